The molecule has 0 saturated heterocycles. The number of hydrogen-bond acceptors (Lipinski definition) is 2. The van der Waals surface area contributed by atoms with E-state index in [2.05, 4.69) is 15.9 Å². The molecule has 0 saturated carbocycles. The topological polar surface area (TPSA) is 57.5 Å². The van der Waals surface area contributed by atoms with Crippen LogP contribution in [0.1, 0.15) is 5.56 Å². The zero-order valence-corrected chi connectivity index (χ0v) is 8.15. The molecule has 0 radical (unpaired) electrons. The third kappa shape index (κ3) is 2.59. The third-order valence-corrected chi connectivity index (χ3v) is 2.10. The molecular weight excluding hydrogens is 236 g/mol. The number of aliphatic carboxylic acids is 1. The normalized spacial score (nSPS) is 11.3. The van der Waals surface area contributed by atoms with Gasteiger partial charge in [0.15, 0.2) is 0 Å². The van der Waals surface area contributed by atoms with E-state index in [0.29, 0.717) is 10.0 Å². The zero-order valence-electron chi connectivity index (χ0n) is 6.57. The molecule has 68 valence electrons. The van der Waals surface area contributed by atoms with E-state index >= 15 is 0 Å². The van der Waals surface area contributed by atoms with Crippen LogP contribution in [0.25, 0.3) is 5.76 Å². The molecule has 0 aliphatic rings. The maximum Gasteiger partial charge on any atom is 0.332 e. The maximum absolute atomic E-state index is 10.2. The summed E-state index contributed by atoms with van der Waals surface area (Å²) < 4.78 is 0.657. The zero-order chi connectivity index (χ0) is 9.84. The number of rotatable bonds is 2. The summed E-state index contributed by atoms with van der Waals surface area (Å²) in [6, 6.07) is 6.84. The smallest absolute Gasteiger partial charge is 0.332 e. The summed E-state index contributed by atoms with van der Waals surface area (Å²) in [6.07, 6.45) is 0.750. The van der Waals surface area contributed by atoms with Crippen LogP contribution in [0.2, 0.25) is 0 Å². The Morgan fingerprint density at radius 1 is 1.31 bits per heavy atom. The van der Waals surface area contributed by atoms with Crippen LogP contribution < -0.4 is 0 Å². The van der Waals surface area contributed by atoms with Gasteiger partial charge in [-0.05, 0) is 6.07 Å². The summed E-state index contributed by atoms with van der Waals surface area (Å²) in [5.74, 6) is -1.44. The van der Waals surface area contributed by atoms with Crippen LogP contribution in [-0.2, 0) is 4.79 Å². The fourth-order valence-corrected chi connectivity index (χ4v) is 1.35. The first-order valence-electron chi connectivity index (χ1n) is 3.50. The lowest BCUT2D eigenvalue weighted by Crippen LogP contribution is -1.92. The van der Waals surface area contributed by atoms with Crippen molar-refractivity contribution in [1.29, 1.82) is 0 Å². The predicted octanol–water partition coefficient (Wildman–Crippen LogP) is 2.43. The minimum Gasteiger partial charge on any atom is -0.507 e. The summed E-state index contributed by atoms with van der Waals surface area (Å²) >= 11 is 3.19. The second kappa shape index (κ2) is 4.09. The van der Waals surface area contributed by atoms with E-state index < -0.39 is 5.97 Å². The van der Waals surface area contributed by atoms with Crippen molar-refractivity contribution in [3.63, 3.8) is 0 Å². The highest BCUT2D eigenvalue weighted by molar-refractivity contribution is 9.10. The quantitative estimate of drug-likeness (QED) is 0.619. The minimum atomic E-state index is -1.17. The Morgan fingerprint density at radius 3 is 2.46 bits per heavy atom. The van der Waals surface area contributed by atoms with Gasteiger partial charge in [-0.25, -0.2) is 4.79 Å². The summed E-state index contributed by atoms with van der Waals surface area (Å²) in [4.78, 5) is 10.2. The third-order valence-electron chi connectivity index (χ3n) is 1.41. The molecule has 0 bridgehead atoms. The molecule has 0 amide bonds. The molecule has 1 rings (SSSR count). The molecule has 0 unspecified atom stereocenters. The van der Waals surface area contributed by atoms with E-state index in [-0.39, 0.29) is 5.76 Å². The lowest BCUT2D eigenvalue weighted by Gasteiger charge is -2.00. The highest BCUT2D eigenvalue weighted by atomic mass is 79.9. The van der Waals surface area contributed by atoms with Gasteiger partial charge in [0.2, 0.25) is 0 Å². The molecule has 0 spiro atoms. The minimum absolute atomic E-state index is 0.264. The van der Waals surface area contributed by atoms with Gasteiger partial charge in [0.1, 0.15) is 5.76 Å². The molecule has 0 aromatic heterocycles. The molecule has 4 heteroatoms. The Labute approximate surface area is 83.5 Å². The van der Waals surface area contributed by atoms with E-state index in [1.54, 1.807) is 24.3 Å². The highest BCUT2D eigenvalue weighted by Gasteiger charge is 2.04. The van der Waals surface area contributed by atoms with Gasteiger partial charge in [0.05, 0.1) is 6.08 Å². The van der Waals surface area contributed by atoms with Crippen molar-refractivity contribution < 1.29 is 15.0 Å². The monoisotopic (exact) mass is 242 g/mol. The summed E-state index contributed by atoms with van der Waals surface area (Å²) in [7, 11) is 0. The number of aliphatic hydroxyl groups excluding tert-OH is 1. The van der Waals surface area contributed by atoms with Gasteiger partial charge >= 0.3 is 5.97 Å². The Hall–Kier alpha value is -1.29. The molecule has 0 atom stereocenters. The first-order chi connectivity index (χ1) is 6.11. The van der Waals surface area contributed by atoms with Gasteiger partial charge in [-0.15, -0.1) is 0 Å². The van der Waals surface area contributed by atoms with Crippen molar-refractivity contribution in [3.05, 3.63) is 40.4 Å². The summed E-state index contributed by atoms with van der Waals surface area (Å²) in [5, 5.41) is 17.7. The highest BCUT2D eigenvalue weighted by Crippen LogP contribution is 2.21. The van der Waals surface area contributed by atoms with Crippen LogP contribution in [0.3, 0.4) is 0 Å². The van der Waals surface area contributed by atoms with Crippen LogP contribution in [0, 0.1) is 0 Å². The predicted molar refractivity (Wildman–Crippen MR) is 52.4 cm³/mol. The standard InChI is InChI=1S/C9H7BrO3/c10-7-4-2-1-3-6(7)8(11)5-9(12)13/h1-5,11H,(H,12,13)/b8-5-. The first-order valence-corrected chi connectivity index (χ1v) is 4.29. The summed E-state index contributed by atoms with van der Waals surface area (Å²) in [5.41, 5.74) is 0.463. The molecule has 13 heavy (non-hydrogen) atoms. The first kappa shape index (κ1) is 9.80. The van der Waals surface area contributed by atoms with E-state index in [0.717, 1.165) is 6.08 Å². The van der Waals surface area contributed by atoms with E-state index in [9.17, 15) is 9.90 Å². The van der Waals surface area contributed by atoms with Crippen molar-refractivity contribution in [2.24, 2.45) is 0 Å². The maximum atomic E-state index is 10.2. The SMILES string of the molecule is O=C(O)/C=C(\O)c1ccccc1Br. The van der Waals surface area contributed by atoms with Crippen LogP contribution in [-0.4, -0.2) is 16.2 Å². The van der Waals surface area contributed by atoms with Crippen molar-refractivity contribution in [2.75, 3.05) is 0 Å². The number of aliphatic hydroxyl groups is 1. The van der Waals surface area contributed by atoms with Crippen molar-refractivity contribution in [3.8, 4) is 0 Å². The molecule has 1 aromatic carbocycles. The molecular formula is C9H7BrO3. The van der Waals surface area contributed by atoms with Crippen molar-refractivity contribution in [1.82, 2.24) is 0 Å². The number of carbonyl (C=O) groups is 1. The van der Waals surface area contributed by atoms with Gasteiger partial charge < -0.3 is 10.2 Å². The fourth-order valence-electron chi connectivity index (χ4n) is 0.864. The number of hydrogen-bond donors (Lipinski definition) is 2. The largest absolute Gasteiger partial charge is 0.507 e. The second-order valence-corrected chi connectivity index (χ2v) is 3.20. The van der Waals surface area contributed by atoms with Crippen LogP contribution in [0.5, 0.6) is 0 Å². The van der Waals surface area contributed by atoms with Gasteiger partial charge in [-0.2, -0.15) is 0 Å². The molecule has 0 aliphatic heterocycles. The fraction of sp³-hybridized carbons (Fsp3) is 0. The summed E-state index contributed by atoms with van der Waals surface area (Å²) in [6.45, 7) is 0. The van der Waals surface area contributed by atoms with E-state index in [4.69, 9.17) is 5.11 Å². The van der Waals surface area contributed by atoms with Gasteiger partial charge in [0.25, 0.3) is 0 Å². The second-order valence-electron chi connectivity index (χ2n) is 2.35. The van der Waals surface area contributed by atoms with Gasteiger partial charge in [0, 0.05) is 10.0 Å². The lowest BCUT2D eigenvalue weighted by molar-refractivity contribution is -0.131. The molecule has 0 fully saturated rings. The number of carboxylic acids is 1. The molecule has 2 N–H and O–H groups in total. The molecule has 3 nitrogen and oxygen atoms in total. The van der Waals surface area contributed by atoms with Gasteiger partial charge in [-0.1, -0.05) is 34.1 Å². The Bertz CT molecular complexity index is 358. The average molecular weight is 243 g/mol. The van der Waals surface area contributed by atoms with Crippen LogP contribution in [0.15, 0.2) is 34.8 Å². The van der Waals surface area contributed by atoms with Crippen LogP contribution >= 0.6 is 15.9 Å². The Balaban J connectivity index is 3.08. The number of carboxylic acid groups (broad SMARTS) is 1. The molecule has 0 heterocycles. The molecule has 1 aromatic rings. The average Bonchev–Trinajstić information content (AvgIpc) is 2.03. The van der Waals surface area contributed by atoms with E-state index in [1.807, 2.05) is 0 Å². The Kier molecular flexibility index (Phi) is 3.08. The van der Waals surface area contributed by atoms with Crippen molar-refractivity contribution >= 4 is 27.7 Å². The van der Waals surface area contributed by atoms with Gasteiger partial charge in [-0.3, -0.25) is 0 Å². The lowest BCUT2D eigenvalue weighted by atomic mass is 10.2. The van der Waals surface area contributed by atoms with Crippen LogP contribution in [0.4, 0.5) is 0 Å². The van der Waals surface area contributed by atoms with Crippen molar-refractivity contribution in [2.45, 2.75) is 0 Å². The number of halogens is 1. The number of benzene rings is 1. The molecule has 0 aliphatic carbocycles. The Morgan fingerprint density at radius 2 is 1.92 bits per heavy atom. The van der Waals surface area contributed by atoms with E-state index in [1.165, 1.54) is 0 Å².